The molecule has 0 radical (unpaired) electrons. The summed E-state index contributed by atoms with van der Waals surface area (Å²) < 4.78 is 5.38. The van der Waals surface area contributed by atoms with E-state index in [1.807, 2.05) is 24.3 Å². The second-order valence-electron chi connectivity index (χ2n) is 5.21. The van der Waals surface area contributed by atoms with Gasteiger partial charge in [0.05, 0.1) is 17.7 Å². The molecule has 0 atom stereocenters. The van der Waals surface area contributed by atoms with Crippen LogP contribution in [0.2, 0.25) is 5.02 Å². The molecule has 1 N–H and O–H groups in total. The van der Waals surface area contributed by atoms with Crippen molar-refractivity contribution < 1.29 is 4.74 Å². The fourth-order valence-electron chi connectivity index (χ4n) is 2.41. The first-order valence-corrected chi connectivity index (χ1v) is 9.35. The highest BCUT2D eigenvalue weighted by atomic mass is 35.5. The van der Waals surface area contributed by atoms with E-state index in [1.165, 1.54) is 11.9 Å². The van der Waals surface area contributed by atoms with E-state index >= 15 is 0 Å². The van der Waals surface area contributed by atoms with Crippen LogP contribution >= 0.6 is 23.4 Å². The lowest BCUT2D eigenvalue weighted by Gasteiger charge is -2.10. The number of hydrogen-bond acceptors (Lipinski definition) is 6. The molecule has 0 fully saturated rings. The Labute approximate surface area is 155 Å². The number of methoxy groups -OCH3 is 1. The van der Waals surface area contributed by atoms with Gasteiger partial charge in [0, 0.05) is 11.4 Å². The maximum atomic E-state index is 6.18. The van der Waals surface area contributed by atoms with Crippen molar-refractivity contribution in [3.05, 3.63) is 59.4 Å². The van der Waals surface area contributed by atoms with Gasteiger partial charge in [-0.2, -0.15) is 16.7 Å². The molecule has 128 valence electrons. The second-order valence-corrected chi connectivity index (χ2v) is 6.48. The maximum Gasteiger partial charge on any atom is 0.230 e. The smallest absolute Gasteiger partial charge is 0.230 e. The summed E-state index contributed by atoms with van der Waals surface area (Å²) in [4.78, 5) is 12.9. The van der Waals surface area contributed by atoms with Crippen LogP contribution in [0.5, 0.6) is 5.75 Å². The molecule has 1 heterocycles. The standard InChI is InChI=1S/C18H17ClN4OS/c1-24-16-14(7-4-8-15(16)19)17-20-11-21-18(23-17)22-13-6-3-5-12(9-13)10-25-2/h3-9,11H,10H2,1-2H3,(H,20,21,22,23). The van der Waals surface area contributed by atoms with Crippen molar-refractivity contribution in [2.24, 2.45) is 0 Å². The quantitative estimate of drug-likeness (QED) is 0.670. The zero-order valence-electron chi connectivity index (χ0n) is 13.9. The van der Waals surface area contributed by atoms with Crippen LogP contribution < -0.4 is 10.1 Å². The largest absolute Gasteiger partial charge is 0.494 e. The monoisotopic (exact) mass is 372 g/mol. The number of aromatic nitrogens is 3. The topological polar surface area (TPSA) is 59.9 Å². The van der Waals surface area contributed by atoms with Gasteiger partial charge in [-0.15, -0.1) is 0 Å². The minimum Gasteiger partial charge on any atom is -0.494 e. The van der Waals surface area contributed by atoms with Crippen molar-refractivity contribution in [3.63, 3.8) is 0 Å². The van der Waals surface area contributed by atoms with Gasteiger partial charge >= 0.3 is 0 Å². The predicted octanol–water partition coefficient (Wildman–Crippen LogP) is 4.81. The van der Waals surface area contributed by atoms with Gasteiger partial charge in [0.2, 0.25) is 5.95 Å². The summed E-state index contributed by atoms with van der Waals surface area (Å²) in [6.45, 7) is 0. The highest BCUT2D eigenvalue weighted by Gasteiger charge is 2.13. The zero-order valence-corrected chi connectivity index (χ0v) is 15.4. The number of halogens is 1. The lowest BCUT2D eigenvalue weighted by Crippen LogP contribution is -2.01. The van der Waals surface area contributed by atoms with Crippen LogP contribution in [0.3, 0.4) is 0 Å². The molecule has 0 unspecified atom stereocenters. The van der Waals surface area contributed by atoms with Crippen molar-refractivity contribution in [2.75, 3.05) is 18.7 Å². The fraction of sp³-hybridized carbons (Fsp3) is 0.167. The van der Waals surface area contributed by atoms with Gasteiger partial charge in [-0.1, -0.05) is 29.8 Å². The number of anilines is 2. The van der Waals surface area contributed by atoms with Crippen LogP contribution in [-0.4, -0.2) is 28.3 Å². The zero-order chi connectivity index (χ0) is 17.6. The van der Waals surface area contributed by atoms with Crippen LogP contribution in [0.15, 0.2) is 48.8 Å². The van der Waals surface area contributed by atoms with Crippen molar-refractivity contribution >= 4 is 35.0 Å². The Balaban J connectivity index is 1.90. The van der Waals surface area contributed by atoms with E-state index in [1.54, 1.807) is 24.9 Å². The van der Waals surface area contributed by atoms with Crippen molar-refractivity contribution in [2.45, 2.75) is 5.75 Å². The molecule has 1 aromatic heterocycles. The first kappa shape index (κ1) is 17.5. The van der Waals surface area contributed by atoms with Crippen LogP contribution in [0.4, 0.5) is 11.6 Å². The highest BCUT2D eigenvalue weighted by molar-refractivity contribution is 7.97. The molecule has 0 spiro atoms. The molecule has 0 saturated heterocycles. The summed E-state index contributed by atoms with van der Waals surface area (Å²) in [5, 5.41) is 3.73. The van der Waals surface area contributed by atoms with E-state index in [4.69, 9.17) is 16.3 Å². The molecule has 7 heteroatoms. The molecule has 0 aliphatic rings. The number of benzene rings is 2. The summed E-state index contributed by atoms with van der Waals surface area (Å²) >= 11 is 7.96. The van der Waals surface area contributed by atoms with Gasteiger partial charge < -0.3 is 10.1 Å². The summed E-state index contributed by atoms with van der Waals surface area (Å²) in [5.74, 6) is 2.46. The molecule has 25 heavy (non-hydrogen) atoms. The SMILES string of the molecule is COc1c(Cl)cccc1-c1ncnc(Nc2cccc(CSC)c2)n1. The number of ether oxygens (including phenoxy) is 1. The lowest BCUT2D eigenvalue weighted by atomic mass is 10.2. The summed E-state index contributed by atoms with van der Waals surface area (Å²) in [6.07, 6.45) is 3.55. The minimum atomic E-state index is 0.466. The molecule has 0 saturated carbocycles. The number of nitrogens with zero attached hydrogens (tertiary/aromatic N) is 3. The van der Waals surface area contributed by atoms with Crippen LogP contribution in [0.25, 0.3) is 11.4 Å². The Hall–Kier alpha value is -2.31. The van der Waals surface area contributed by atoms with Crippen LogP contribution in [-0.2, 0) is 5.75 Å². The number of nitrogens with one attached hydrogen (secondary N) is 1. The number of thioether (sulfide) groups is 1. The Morgan fingerprint density at radius 2 is 2.00 bits per heavy atom. The number of hydrogen-bond donors (Lipinski definition) is 1. The van der Waals surface area contributed by atoms with E-state index in [9.17, 15) is 0 Å². The number of rotatable bonds is 6. The van der Waals surface area contributed by atoms with Crippen molar-refractivity contribution in [1.29, 1.82) is 0 Å². The summed E-state index contributed by atoms with van der Waals surface area (Å²) in [5.41, 5.74) is 2.89. The molecule has 3 rings (SSSR count). The molecule has 5 nitrogen and oxygen atoms in total. The molecule has 0 bridgehead atoms. The third-order valence-electron chi connectivity index (χ3n) is 3.48. The third-order valence-corrected chi connectivity index (χ3v) is 4.40. The molecular formula is C18H17ClN4OS. The maximum absolute atomic E-state index is 6.18. The molecule has 0 amide bonds. The highest BCUT2D eigenvalue weighted by Crippen LogP contribution is 2.34. The molecule has 0 aliphatic carbocycles. The first-order valence-electron chi connectivity index (χ1n) is 7.58. The van der Waals surface area contributed by atoms with E-state index in [0.717, 1.165) is 17.0 Å². The Morgan fingerprint density at radius 1 is 1.16 bits per heavy atom. The molecule has 3 aromatic rings. The fourth-order valence-corrected chi connectivity index (χ4v) is 3.18. The average Bonchev–Trinajstić information content (AvgIpc) is 2.62. The van der Waals surface area contributed by atoms with Gasteiger partial charge in [0.15, 0.2) is 5.82 Å². The van der Waals surface area contributed by atoms with Gasteiger partial charge in [-0.3, -0.25) is 0 Å². The normalized spacial score (nSPS) is 10.5. The van der Waals surface area contributed by atoms with E-state index in [-0.39, 0.29) is 0 Å². The molecule has 2 aromatic carbocycles. The minimum absolute atomic E-state index is 0.466. The first-order chi connectivity index (χ1) is 12.2. The van der Waals surface area contributed by atoms with E-state index in [2.05, 4.69) is 38.7 Å². The van der Waals surface area contributed by atoms with E-state index < -0.39 is 0 Å². The Kier molecular flexibility index (Phi) is 5.73. The van der Waals surface area contributed by atoms with Gasteiger partial charge in [0.1, 0.15) is 12.1 Å². The van der Waals surface area contributed by atoms with Gasteiger partial charge in [-0.25, -0.2) is 9.97 Å². The lowest BCUT2D eigenvalue weighted by molar-refractivity contribution is 0.416. The van der Waals surface area contributed by atoms with Crippen LogP contribution in [0.1, 0.15) is 5.56 Å². The van der Waals surface area contributed by atoms with Crippen molar-refractivity contribution in [1.82, 2.24) is 15.0 Å². The number of para-hydroxylation sites is 1. The van der Waals surface area contributed by atoms with Crippen molar-refractivity contribution in [3.8, 4) is 17.1 Å². The second kappa shape index (κ2) is 8.18. The molecule has 0 aliphatic heterocycles. The van der Waals surface area contributed by atoms with Gasteiger partial charge in [-0.05, 0) is 36.1 Å². The van der Waals surface area contributed by atoms with E-state index in [0.29, 0.717) is 22.5 Å². The summed E-state index contributed by atoms with van der Waals surface area (Å²) in [6, 6.07) is 13.6. The summed E-state index contributed by atoms with van der Waals surface area (Å²) in [7, 11) is 1.57. The Morgan fingerprint density at radius 3 is 2.80 bits per heavy atom. The third kappa shape index (κ3) is 4.21. The molecular weight excluding hydrogens is 356 g/mol. The van der Waals surface area contributed by atoms with Gasteiger partial charge in [0.25, 0.3) is 0 Å². The average molecular weight is 373 g/mol. The Bertz CT molecular complexity index is 875. The predicted molar refractivity (Wildman–Crippen MR) is 104 cm³/mol. The van der Waals surface area contributed by atoms with Crippen LogP contribution in [0, 0.1) is 0 Å².